The molecule has 1 amide bonds. The lowest BCUT2D eigenvalue weighted by atomic mass is 10.3. The molecule has 0 radical (unpaired) electrons. The summed E-state index contributed by atoms with van der Waals surface area (Å²) in [5, 5.41) is 5.57. The summed E-state index contributed by atoms with van der Waals surface area (Å²) >= 11 is 1.58. The van der Waals surface area contributed by atoms with Crippen molar-refractivity contribution in [3.05, 3.63) is 24.3 Å². The van der Waals surface area contributed by atoms with Crippen LogP contribution in [0.15, 0.2) is 24.3 Å². The van der Waals surface area contributed by atoms with E-state index in [2.05, 4.69) is 36.1 Å². The number of hydrogen-bond acceptors (Lipinski definition) is 3. The van der Waals surface area contributed by atoms with E-state index in [-0.39, 0.29) is 5.91 Å². The maximum Gasteiger partial charge on any atom is 0.301 e. The van der Waals surface area contributed by atoms with E-state index in [0.717, 1.165) is 5.75 Å². The molecule has 0 spiro atoms. The lowest BCUT2D eigenvalue weighted by molar-refractivity contribution is -0.111. The normalized spacial score (nSPS) is 10.2. The zero-order valence-electron chi connectivity index (χ0n) is 11.0. The Hall–Kier alpha value is -1.38. The first-order valence-corrected chi connectivity index (χ1v) is 10.6. The van der Waals surface area contributed by atoms with Crippen LogP contribution in [0, 0.1) is 11.2 Å². The first kappa shape index (κ1) is 14.7. The van der Waals surface area contributed by atoms with Crippen molar-refractivity contribution in [1.29, 1.82) is 0 Å². The summed E-state index contributed by atoms with van der Waals surface area (Å²) in [4.78, 5) is 11.5. The van der Waals surface area contributed by atoms with Crippen LogP contribution >= 0.6 is 11.2 Å². The largest absolute Gasteiger partial charge is 0.497 e. The highest BCUT2D eigenvalue weighted by molar-refractivity contribution is 8.32. The summed E-state index contributed by atoms with van der Waals surface area (Å²) in [6.07, 6.45) is 0. The molecule has 0 fully saturated rings. The van der Waals surface area contributed by atoms with Gasteiger partial charge in [0.2, 0.25) is 0 Å². The Morgan fingerprint density at radius 1 is 1.28 bits per heavy atom. The van der Waals surface area contributed by atoms with Crippen molar-refractivity contribution in [3.63, 3.8) is 0 Å². The van der Waals surface area contributed by atoms with E-state index in [9.17, 15) is 4.79 Å². The minimum atomic E-state index is -1.28. The van der Waals surface area contributed by atoms with Crippen molar-refractivity contribution in [2.45, 2.75) is 19.6 Å². The highest BCUT2D eigenvalue weighted by Crippen LogP contribution is 2.17. The number of methoxy groups -OCH3 is 1. The number of benzene rings is 1. The highest BCUT2D eigenvalue weighted by atomic mass is 32.4. The highest BCUT2D eigenvalue weighted by Gasteiger charge is 2.11. The molecule has 18 heavy (non-hydrogen) atoms. The van der Waals surface area contributed by atoms with Crippen LogP contribution in [0.3, 0.4) is 0 Å². The Morgan fingerprint density at radius 2 is 1.89 bits per heavy atom. The first-order chi connectivity index (χ1) is 8.40. The lowest BCUT2D eigenvalue weighted by Gasteiger charge is -2.08. The predicted molar refractivity (Wildman–Crippen MR) is 80.3 cm³/mol. The van der Waals surface area contributed by atoms with Gasteiger partial charge in [-0.05, 0) is 29.5 Å². The second-order valence-electron chi connectivity index (χ2n) is 4.62. The van der Waals surface area contributed by atoms with E-state index >= 15 is 0 Å². The number of nitrogens with one attached hydrogen (secondary N) is 1. The summed E-state index contributed by atoms with van der Waals surface area (Å²) < 4.78 is 5.04. The third-order valence-corrected chi connectivity index (χ3v) is 4.83. The van der Waals surface area contributed by atoms with Crippen molar-refractivity contribution >= 4 is 30.0 Å². The van der Waals surface area contributed by atoms with Gasteiger partial charge in [0.05, 0.1) is 7.11 Å². The first-order valence-electron chi connectivity index (χ1n) is 5.55. The molecule has 0 heterocycles. The second kappa shape index (κ2) is 6.52. The molecule has 0 aliphatic heterocycles. The van der Waals surface area contributed by atoms with Gasteiger partial charge in [-0.25, -0.2) is 0 Å². The van der Waals surface area contributed by atoms with Crippen LogP contribution in [0.4, 0.5) is 5.69 Å². The summed E-state index contributed by atoms with van der Waals surface area (Å²) in [5.74, 6) is 3.05. The molecule has 0 aromatic heterocycles. The fourth-order valence-corrected chi connectivity index (χ4v) is 2.58. The monoisotopic (exact) mass is 279 g/mol. The van der Waals surface area contributed by atoms with Crippen LogP contribution in [0.1, 0.15) is 0 Å². The third kappa shape index (κ3) is 5.80. The van der Waals surface area contributed by atoms with Gasteiger partial charge in [-0.3, -0.25) is 4.79 Å². The third-order valence-electron chi connectivity index (χ3n) is 1.87. The average Bonchev–Trinajstić information content (AvgIpc) is 2.28. The standard InChI is InChI=1S/C13H17NO2SSi/c1-16-12-7-5-11(6-8-12)14-13(15)9-10-17-18(2,3)4/h5-8H,1-4H3,(H,14,15). The molecular weight excluding hydrogens is 262 g/mol. The van der Waals surface area contributed by atoms with E-state index < -0.39 is 7.22 Å². The van der Waals surface area contributed by atoms with Crippen LogP contribution in [-0.2, 0) is 4.79 Å². The number of ether oxygens (including phenoxy) is 1. The van der Waals surface area contributed by atoms with E-state index in [1.54, 1.807) is 42.6 Å². The molecule has 5 heteroatoms. The molecule has 1 rings (SSSR count). The molecule has 0 saturated heterocycles. The summed E-state index contributed by atoms with van der Waals surface area (Å²) in [5.41, 5.74) is 0.716. The van der Waals surface area contributed by atoms with Gasteiger partial charge in [0.25, 0.3) is 0 Å². The molecule has 1 N–H and O–H groups in total. The van der Waals surface area contributed by atoms with Gasteiger partial charge in [0.1, 0.15) is 13.0 Å². The number of rotatable bonds is 3. The number of anilines is 1. The van der Waals surface area contributed by atoms with Gasteiger partial charge < -0.3 is 10.1 Å². The number of carbonyl (C=O) groups is 1. The van der Waals surface area contributed by atoms with E-state index in [1.807, 2.05) is 0 Å². The van der Waals surface area contributed by atoms with Crippen LogP contribution in [0.2, 0.25) is 19.6 Å². The number of hydrogen-bond donors (Lipinski definition) is 1. The van der Waals surface area contributed by atoms with Gasteiger partial charge in [-0.15, -0.1) is 11.2 Å². The quantitative estimate of drug-likeness (QED) is 0.682. The number of amides is 1. The maximum atomic E-state index is 11.5. The summed E-state index contributed by atoms with van der Waals surface area (Å²) in [7, 11) is 0.322. The smallest absolute Gasteiger partial charge is 0.301 e. The van der Waals surface area contributed by atoms with Gasteiger partial charge in [0, 0.05) is 11.6 Å². The van der Waals surface area contributed by atoms with Gasteiger partial charge in [-0.2, -0.15) is 0 Å². The molecule has 1 aromatic carbocycles. The molecule has 3 nitrogen and oxygen atoms in total. The van der Waals surface area contributed by atoms with E-state index in [1.165, 1.54) is 0 Å². The Labute approximate surface area is 113 Å². The molecule has 0 unspecified atom stereocenters. The molecule has 0 aliphatic carbocycles. The van der Waals surface area contributed by atoms with Crippen molar-refractivity contribution in [2.24, 2.45) is 0 Å². The van der Waals surface area contributed by atoms with Gasteiger partial charge >= 0.3 is 5.91 Å². The zero-order chi connectivity index (χ0) is 13.6. The Kier molecular flexibility index (Phi) is 5.32. The van der Waals surface area contributed by atoms with Crippen molar-refractivity contribution < 1.29 is 9.53 Å². The van der Waals surface area contributed by atoms with Crippen LogP contribution in [-0.4, -0.2) is 20.2 Å². The molecule has 0 aliphatic rings. The molecule has 0 bridgehead atoms. The van der Waals surface area contributed by atoms with Crippen molar-refractivity contribution in [2.75, 3.05) is 12.4 Å². The SMILES string of the molecule is COc1ccc(NC(=O)C#CS[Si](C)(C)C)cc1. The average molecular weight is 279 g/mol. The molecular formula is C13H17NO2SSi. The Balaban J connectivity index is 2.54. The summed E-state index contributed by atoms with van der Waals surface area (Å²) in [6.45, 7) is 6.56. The lowest BCUT2D eigenvalue weighted by Crippen LogP contribution is -2.13. The predicted octanol–water partition coefficient (Wildman–Crippen LogP) is 3.16. The molecule has 1 aromatic rings. The fraction of sp³-hybridized carbons (Fsp3) is 0.308. The molecule has 0 atom stereocenters. The van der Waals surface area contributed by atoms with Crippen molar-refractivity contribution in [1.82, 2.24) is 0 Å². The molecule has 0 saturated carbocycles. The van der Waals surface area contributed by atoms with E-state index in [0.29, 0.717) is 5.69 Å². The Morgan fingerprint density at radius 3 is 2.39 bits per heavy atom. The second-order valence-corrected chi connectivity index (χ2v) is 13.5. The van der Waals surface area contributed by atoms with Crippen molar-refractivity contribution in [3.8, 4) is 16.9 Å². The number of carbonyl (C=O) groups excluding carboxylic acids is 1. The van der Waals surface area contributed by atoms with Crippen LogP contribution < -0.4 is 10.1 Å². The fourth-order valence-electron chi connectivity index (χ4n) is 1.06. The van der Waals surface area contributed by atoms with E-state index in [4.69, 9.17) is 4.74 Å². The zero-order valence-corrected chi connectivity index (χ0v) is 12.9. The summed E-state index contributed by atoms with van der Waals surface area (Å²) in [6, 6.07) is 7.15. The van der Waals surface area contributed by atoms with Crippen LogP contribution in [0.25, 0.3) is 0 Å². The maximum absolute atomic E-state index is 11.5. The van der Waals surface area contributed by atoms with Crippen LogP contribution in [0.5, 0.6) is 5.75 Å². The van der Waals surface area contributed by atoms with Gasteiger partial charge in [-0.1, -0.05) is 19.6 Å². The topological polar surface area (TPSA) is 38.3 Å². The minimum absolute atomic E-state index is 0.286. The molecule has 96 valence electrons. The minimum Gasteiger partial charge on any atom is -0.497 e. The van der Waals surface area contributed by atoms with Gasteiger partial charge in [0.15, 0.2) is 0 Å². The Bertz CT molecular complexity index is 468.